The lowest BCUT2D eigenvalue weighted by molar-refractivity contribution is -0.128. The molecule has 0 spiro atoms. The summed E-state index contributed by atoms with van der Waals surface area (Å²) in [7, 11) is 0. The van der Waals surface area contributed by atoms with Gasteiger partial charge in [0, 0.05) is 12.5 Å². The summed E-state index contributed by atoms with van der Waals surface area (Å²) in [5, 5.41) is 23.2. The number of carbonyl (C=O) groups excluding carboxylic acids is 1. The van der Waals surface area contributed by atoms with Gasteiger partial charge in [0.1, 0.15) is 11.9 Å². The molecule has 1 aromatic heterocycles. The number of nitrogens with one attached hydrogen (secondary N) is 1. The summed E-state index contributed by atoms with van der Waals surface area (Å²) in [5.41, 5.74) is -0.846. The molecule has 0 aromatic carbocycles. The number of hydrogen-bond acceptors (Lipinski definition) is 4. The maximum Gasteiger partial charge on any atom is 0.223 e. The zero-order chi connectivity index (χ0) is 15.3. The molecular weight excluding hydrogens is 270 g/mol. The van der Waals surface area contributed by atoms with E-state index in [1.807, 2.05) is 6.92 Å². The van der Waals surface area contributed by atoms with E-state index >= 15 is 0 Å². The van der Waals surface area contributed by atoms with Crippen LogP contribution in [0.2, 0.25) is 0 Å². The lowest BCUT2D eigenvalue weighted by atomic mass is 9.82. The van der Waals surface area contributed by atoms with Crippen molar-refractivity contribution in [3.8, 4) is 0 Å². The molecule has 2 atom stereocenters. The van der Waals surface area contributed by atoms with Crippen molar-refractivity contribution in [3.63, 3.8) is 0 Å². The van der Waals surface area contributed by atoms with Gasteiger partial charge in [-0.05, 0) is 31.9 Å². The van der Waals surface area contributed by atoms with Crippen LogP contribution >= 0.6 is 0 Å². The first-order valence-corrected chi connectivity index (χ1v) is 7.72. The maximum atomic E-state index is 12.0. The Balaban J connectivity index is 1.76. The molecule has 1 aliphatic carbocycles. The van der Waals surface area contributed by atoms with E-state index < -0.39 is 11.7 Å². The predicted molar refractivity (Wildman–Crippen MR) is 78.5 cm³/mol. The van der Waals surface area contributed by atoms with Crippen LogP contribution in [0.15, 0.2) is 22.8 Å². The van der Waals surface area contributed by atoms with Crippen molar-refractivity contribution in [1.29, 1.82) is 0 Å². The average Bonchev–Trinajstić information content (AvgIpc) is 2.92. The molecule has 1 aliphatic rings. The molecular formula is C16H25NO4. The Morgan fingerprint density at radius 3 is 2.76 bits per heavy atom. The standard InChI is InChI=1S/C16H25NO4/c1-12(10-13(18)14-6-5-9-21-14)17-15(19)11-16(20)7-3-2-4-8-16/h5-6,9,12-13,18,20H,2-4,7-8,10-11H2,1H3,(H,17,19). The highest BCUT2D eigenvalue weighted by molar-refractivity contribution is 5.77. The highest BCUT2D eigenvalue weighted by atomic mass is 16.4. The van der Waals surface area contributed by atoms with Gasteiger partial charge >= 0.3 is 0 Å². The normalized spacial score (nSPS) is 20.7. The number of aliphatic hydroxyl groups is 2. The first-order valence-electron chi connectivity index (χ1n) is 7.72. The molecule has 21 heavy (non-hydrogen) atoms. The van der Waals surface area contributed by atoms with Crippen molar-refractivity contribution in [2.24, 2.45) is 0 Å². The van der Waals surface area contributed by atoms with Crippen LogP contribution in [0.25, 0.3) is 0 Å². The molecule has 0 saturated heterocycles. The van der Waals surface area contributed by atoms with Crippen LogP contribution in [-0.2, 0) is 4.79 Å². The van der Waals surface area contributed by atoms with Gasteiger partial charge in [-0.25, -0.2) is 0 Å². The first kappa shape index (κ1) is 16.0. The lowest BCUT2D eigenvalue weighted by Gasteiger charge is -2.31. The van der Waals surface area contributed by atoms with Gasteiger partial charge < -0.3 is 19.9 Å². The van der Waals surface area contributed by atoms with Crippen LogP contribution in [0.5, 0.6) is 0 Å². The molecule has 1 fully saturated rings. The highest BCUT2D eigenvalue weighted by Crippen LogP contribution is 2.30. The number of aliphatic hydroxyl groups excluding tert-OH is 1. The average molecular weight is 295 g/mol. The Morgan fingerprint density at radius 1 is 1.43 bits per heavy atom. The second kappa shape index (κ2) is 7.09. The maximum absolute atomic E-state index is 12.0. The number of amides is 1. The highest BCUT2D eigenvalue weighted by Gasteiger charge is 2.32. The second-order valence-corrected chi connectivity index (χ2v) is 6.20. The van der Waals surface area contributed by atoms with E-state index in [0.29, 0.717) is 25.0 Å². The fraction of sp³-hybridized carbons (Fsp3) is 0.688. The zero-order valence-electron chi connectivity index (χ0n) is 12.5. The third-order valence-electron chi connectivity index (χ3n) is 4.13. The van der Waals surface area contributed by atoms with Gasteiger partial charge in [0.15, 0.2) is 0 Å². The zero-order valence-corrected chi connectivity index (χ0v) is 12.5. The van der Waals surface area contributed by atoms with Crippen LogP contribution in [0.1, 0.15) is 63.7 Å². The fourth-order valence-corrected chi connectivity index (χ4v) is 3.00. The first-order chi connectivity index (χ1) is 9.98. The van der Waals surface area contributed by atoms with Crippen molar-refractivity contribution in [2.75, 3.05) is 0 Å². The molecule has 3 N–H and O–H groups in total. The largest absolute Gasteiger partial charge is 0.467 e. The minimum atomic E-state index is -0.846. The number of rotatable bonds is 6. The predicted octanol–water partition coefficient (Wildman–Crippen LogP) is 2.29. The van der Waals surface area contributed by atoms with Crippen molar-refractivity contribution in [2.45, 2.75) is 69.6 Å². The molecule has 2 rings (SSSR count). The van der Waals surface area contributed by atoms with E-state index in [-0.39, 0.29) is 18.4 Å². The fourth-order valence-electron chi connectivity index (χ4n) is 3.00. The van der Waals surface area contributed by atoms with Crippen LogP contribution in [0.4, 0.5) is 0 Å². The van der Waals surface area contributed by atoms with Gasteiger partial charge in [0.2, 0.25) is 5.91 Å². The Kier molecular flexibility index (Phi) is 5.42. The van der Waals surface area contributed by atoms with Crippen LogP contribution in [0.3, 0.4) is 0 Å². The van der Waals surface area contributed by atoms with Gasteiger partial charge in [0.05, 0.1) is 18.3 Å². The molecule has 1 heterocycles. The van der Waals surface area contributed by atoms with E-state index in [1.54, 1.807) is 12.1 Å². The molecule has 1 saturated carbocycles. The molecule has 1 amide bonds. The van der Waals surface area contributed by atoms with Crippen molar-refractivity contribution in [1.82, 2.24) is 5.32 Å². The van der Waals surface area contributed by atoms with Crippen LogP contribution in [0, 0.1) is 0 Å². The molecule has 2 unspecified atom stereocenters. The van der Waals surface area contributed by atoms with Gasteiger partial charge in [-0.1, -0.05) is 19.3 Å². The molecule has 0 bridgehead atoms. The Labute approximate surface area is 125 Å². The second-order valence-electron chi connectivity index (χ2n) is 6.20. The monoisotopic (exact) mass is 295 g/mol. The SMILES string of the molecule is CC(CC(O)c1ccco1)NC(=O)CC1(O)CCCCC1. The molecule has 0 radical (unpaired) electrons. The molecule has 0 aliphatic heterocycles. The minimum Gasteiger partial charge on any atom is -0.467 e. The minimum absolute atomic E-state index is 0.147. The quantitative estimate of drug-likeness (QED) is 0.752. The smallest absolute Gasteiger partial charge is 0.223 e. The van der Waals surface area contributed by atoms with Crippen LogP contribution < -0.4 is 5.32 Å². The van der Waals surface area contributed by atoms with Gasteiger partial charge in [-0.2, -0.15) is 0 Å². The third-order valence-corrected chi connectivity index (χ3v) is 4.13. The number of hydrogen-bond donors (Lipinski definition) is 3. The van der Waals surface area contributed by atoms with Crippen molar-refractivity contribution in [3.05, 3.63) is 24.2 Å². The third kappa shape index (κ3) is 4.86. The summed E-state index contributed by atoms with van der Waals surface area (Å²) in [6, 6.07) is 3.26. The lowest BCUT2D eigenvalue weighted by Crippen LogP contribution is -2.41. The Bertz CT molecular complexity index is 437. The van der Waals surface area contributed by atoms with E-state index in [4.69, 9.17) is 4.42 Å². The van der Waals surface area contributed by atoms with Crippen molar-refractivity contribution >= 4 is 5.91 Å². The summed E-state index contributed by atoms with van der Waals surface area (Å²) in [4.78, 5) is 12.0. The van der Waals surface area contributed by atoms with Gasteiger partial charge in [-0.3, -0.25) is 4.79 Å². The topological polar surface area (TPSA) is 82.7 Å². The summed E-state index contributed by atoms with van der Waals surface area (Å²) in [6.45, 7) is 1.84. The summed E-state index contributed by atoms with van der Waals surface area (Å²) in [6.07, 6.45) is 5.82. The van der Waals surface area contributed by atoms with Crippen molar-refractivity contribution < 1.29 is 19.4 Å². The van der Waals surface area contributed by atoms with E-state index in [9.17, 15) is 15.0 Å². The molecule has 5 heteroatoms. The Morgan fingerprint density at radius 2 is 2.14 bits per heavy atom. The summed E-state index contributed by atoms with van der Waals surface area (Å²) in [5.74, 6) is 0.348. The summed E-state index contributed by atoms with van der Waals surface area (Å²) < 4.78 is 5.14. The van der Waals surface area contributed by atoms with E-state index in [0.717, 1.165) is 19.3 Å². The van der Waals surface area contributed by atoms with Gasteiger partial charge in [-0.15, -0.1) is 0 Å². The molecule has 1 aromatic rings. The summed E-state index contributed by atoms with van der Waals surface area (Å²) >= 11 is 0. The van der Waals surface area contributed by atoms with Gasteiger partial charge in [0.25, 0.3) is 0 Å². The Hall–Kier alpha value is -1.33. The number of carbonyl (C=O) groups is 1. The van der Waals surface area contributed by atoms with E-state index in [2.05, 4.69) is 5.32 Å². The molecule has 5 nitrogen and oxygen atoms in total. The molecule has 118 valence electrons. The van der Waals surface area contributed by atoms with Crippen LogP contribution in [-0.4, -0.2) is 27.8 Å². The number of furan rings is 1. The van der Waals surface area contributed by atoms with E-state index in [1.165, 1.54) is 6.26 Å².